The fourth-order valence-electron chi connectivity index (χ4n) is 1.68. The van der Waals surface area contributed by atoms with Crippen molar-refractivity contribution in [2.45, 2.75) is 19.8 Å². The second-order valence-electron chi connectivity index (χ2n) is 3.32. The Bertz CT molecular complexity index is 434. The zero-order chi connectivity index (χ0) is 9.97. The van der Waals surface area contributed by atoms with Crippen LogP contribution in [0.4, 0.5) is 0 Å². The number of nitrogens with zero attached hydrogens (tertiary/aromatic N) is 1. The Balaban J connectivity index is 2.58. The summed E-state index contributed by atoms with van der Waals surface area (Å²) in [6, 6.07) is 6.12. The molecule has 0 aliphatic heterocycles. The zero-order valence-corrected chi connectivity index (χ0v) is 8.29. The highest BCUT2D eigenvalue weighted by Crippen LogP contribution is 2.22. The highest BCUT2D eigenvalue weighted by Gasteiger charge is 2.09. The summed E-state index contributed by atoms with van der Waals surface area (Å²) in [5.74, 6) is 0. The van der Waals surface area contributed by atoms with Gasteiger partial charge in [0.15, 0.2) is 5.58 Å². The molecule has 1 heterocycles. The molecule has 74 valence electrons. The van der Waals surface area contributed by atoms with Crippen molar-refractivity contribution in [1.29, 1.82) is 0 Å². The molecule has 2 rings (SSSR count). The fraction of sp³-hybridized carbons (Fsp3) is 0.364. The minimum atomic E-state index is 0.640. The van der Waals surface area contributed by atoms with Crippen LogP contribution in [-0.2, 0) is 12.8 Å². The minimum Gasteiger partial charge on any atom is -0.356 e. The van der Waals surface area contributed by atoms with Crippen molar-refractivity contribution in [2.75, 3.05) is 6.54 Å². The third-order valence-electron chi connectivity index (χ3n) is 2.40. The van der Waals surface area contributed by atoms with Gasteiger partial charge in [-0.3, -0.25) is 0 Å². The third-order valence-corrected chi connectivity index (χ3v) is 2.40. The second kappa shape index (κ2) is 3.80. The molecule has 1 aromatic heterocycles. The summed E-state index contributed by atoms with van der Waals surface area (Å²) in [6.45, 7) is 2.72. The van der Waals surface area contributed by atoms with Crippen LogP contribution in [-0.4, -0.2) is 11.7 Å². The van der Waals surface area contributed by atoms with Crippen LogP contribution < -0.4 is 5.73 Å². The molecule has 0 unspecified atom stereocenters. The molecule has 0 bridgehead atoms. The molecule has 0 radical (unpaired) electrons. The van der Waals surface area contributed by atoms with Gasteiger partial charge in [-0.2, -0.15) is 0 Å². The van der Waals surface area contributed by atoms with E-state index in [1.807, 2.05) is 18.2 Å². The van der Waals surface area contributed by atoms with Gasteiger partial charge in [0.05, 0.1) is 5.69 Å². The molecular formula is C11H14N2O. The summed E-state index contributed by atoms with van der Waals surface area (Å²) in [5, 5.41) is 5.16. The predicted molar refractivity (Wildman–Crippen MR) is 56.1 cm³/mol. The second-order valence-corrected chi connectivity index (χ2v) is 3.32. The number of rotatable bonds is 3. The van der Waals surface area contributed by atoms with Crippen LogP contribution >= 0.6 is 0 Å². The molecule has 1 aromatic carbocycles. The van der Waals surface area contributed by atoms with Crippen molar-refractivity contribution in [3.8, 4) is 0 Å². The summed E-state index contributed by atoms with van der Waals surface area (Å²) < 4.78 is 5.32. The van der Waals surface area contributed by atoms with Gasteiger partial charge in [-0.15, -0.1) is 0 Å². The number of fused-ring (bicyclic) bond motifs is 1. The zero-order valence-electron chi connectivity index (χ0n) is 8.29. The quantitative estimate of drug-likeness (QED) is 0.804. The molecule has 0 aliphatic rings. The van der Waals surface area contributed by atoms with E-state index in [4.69, 9.17) is 10.3 Å². The molecular weight excluding hydrogens is 176 g/mol. The molecule has 3 heteroatoms. The van der Waals surface area contributed by atoms with E-state index in [0.29, 0.717) is 6.54 Å². The van der Waals surface area contributed by atoms with Crippen molar-refractivity contribution in [1.82, 2.24) is 5.16 Å². The molecule has 0 amide bonds. The molecule has 0 saturated carbocycles. The van der Waals surface area contributed by atoms with E-state index in [-0.39, 0.29) is 0 Å². The van der Waals surface area contributed by atoms with E-state index in [2.05, 4.69) is 12.1 Å². The van der Waals surface area contributed by atoms with Gasteiger partial charge in [0.25, 0.3) is 0 Å². The monoisotopic (exact) mass is 190 g/mol. The van der Waals surface area contributed by atoms with Crippen LogP contribution in [0.3, 0.4) is 0 Å². The lowest BCUT2D eigenvalue weighted by Crippen LogP contribution is -2.02. The summed E-state index contributed by atoms with van der Waals surface area (Å²) in [7, 11) is 0. The number of para-hydroxylation sites is 1. The Morgan fingerprint density at radius 1 is 1.43 bits per heavy atom. The first kappa shape index (κ1) is 9.21. The van der Waals surface area contributed by atoms with Gasteiger partial charge in [0.2, 0.25) is 0 Å². The van der Waals surface area contributed by atoms with Crippen molar-refractivity contribution < 1.29 is 4.52 Å². The predicted octanol–water partition coefficient (Wildman–Crippen LogP) is 1.89. The van der Waals surface area contributed by atoms with Crippen LogP contribution in [0.15, 0.2) is 22.7 Å². The van der Waals surface area contributed by atoms with Crippen molar-refractivity contribution in [3.05, 3.63) is 29.5 Å². The van der Waals surface area contributed by atoms with E-state index in [9.17, 15) is 0 Å². The SMILES string of the molecule is CCc1noc2c(CCN)cccc12. The first-order valence-electron chi connectivity index (χ1n) is 4.93. The number of benzene rings is 1. The largest absolute Gasteiger partial charge is 0.356 e. The molecule has 3 nitrogen and oxygen atoms in total. The molecule has 14 heavy (non-hydrogen) atoms. The number of aromatic nitrogens is 1. The first-order valence-corrected chi connectivity index (χ1v) is 4.93. The molecule has 0 fully saturated rings. The van der Waals surface area contributed by atoms with E-state index < -0.39 is 0 Å². The van der Waals surface area contributed by atoms with Gasteiger partial charge < -0.3 is 10.3 Å². The third kappa shape index (κ3) is 1.40. The number of hydrogen-bond acceptors (Lipinski definition) is 3. The lowest BCUT2D eigenvalue weighted by atomic mass is 10.1. The van der Waals surface area contributed by atoms with Crippen LogP contribution in [0.2, 0.25) is 0 Å². The van der Waals surface area contributed by atoms with E-state index >= 15 is 0 Å². The topological polar surface area (TPSA) is 52.0 Å². The highest BCUT2D eigenvalue weighted by atomic mass is 16.5. The lowest BCUT2D eigenvalue weighted by Gasteiger charge is -1.97. The fourth-order valence-corrected chi connectivity index (χ4v) is 1.68. The van der Waals surface area contributed by atoms with Gasteiger partial charge in [-0.1, -0.05) is 24.2 Å². The highest BCUT2D eigenvalue weighted by molar-refractivity contribution is 5.82. The Hall–Kier alpha value is -1.35. The van der Waals surface area contributed by atoms with Gasteiger partial charge >= 0.3 is 0 Å². The maximum absolute atomic E-state index is 5.53. The Labute approximate surface area is 82.9 Å². The van der Waals surface area contributed by atoms with E-state index in [1.165, 1.54) is 0 Å². The van der Waals surface area contributed by atoms with Crippen LogP contribution in [0.5, 0.6) is 0 Å². The average Bonchev–Trinajstić information content (AvgIpc) is 2.62. The number of hydrogen-bond donors (Lipinski definition) is 1. The van der Waals surface area contributed by atoms with Gasteiger partial charge in [-0.05, 0) is 31.0 Å². The molecule has 0 saturated heterocycles. The normalized spacial score (nSPS) is 11.0. The Kier molecular flexibility index (Phi) is 2.50. The van der Waals surface area contributed by atoms with E-state index in [0.717, 1.165) is 35.1 Å². The minimum absolute atomic E-state index is 0.640. The standard InChI is InChI=1S/C11H14N2O/c1-2-10-9-5-3-4-8(6-7-12)11(9)14-13-10/h3-5H,2,6-7,12H2,1H3. The Morgan fingerprint density at radius 2 is 2.29 bits per heavy atom. The molecule has 2 N–H and O–H groups in total. The lowest BCUT2D eigenvalue weighted by molar-refractivity contribution is 0.445. The number of aryl methyl sites for hydroxylation is 1. The summed E-state index contributed by atoms with van der Waals surface area (Å²) in [4.78, 5) is 0. The maximum Gasteiger partial charge on any atom is 0.170 e. The van der Waals surface area contributed by atoms with Crippen molar-refractivity contribution >= 4 is 11.0 Å². The summed E-state index contributed by atoms with van der Waals surface area (Å²) >= 11 is 0. The average molecular weight is 190 g/mol. The molecule has 0 spiro atoms. The molecule has 0 aliphatic carbocycles. The first-order chi connectivity index (χ1) is 6.86. The summed E-state index contributed by atoms with van der Waals surface area (Å²) in [6.07, 6.45) is 1.74. The van der Waals surface area contributed by atoms with Gasteiger partial charge in [0, 0.05) is 5.39 Å². The van der Waals surface area contributed by atoms with E-state index in [1.54, 1.807) is 0 Å². The van der Waals surface area contributed by atoms with Gasteiger partial charge in [-0.25, -0.2) is 0 Å². The van der Waals surface area contributed by atoms with Crippen molar-refractivity contribution in [2.24, 2.45) is 5.73 Å². The Morgan fingerprint density at radius 3 is 3.00 bits per heavy atom. The smallest absolute Gasteiger partial charge is 0.170 e. The van der Waals surface area contributed by atoms with Crippen molar-refractivity contribution in [3.63, 3.8) is 0 Å². The van der Waals surface area contributed by atoms with Crippen LogP contribution in [0, 0.1) is 0 Å². The maximum atomic E-state index is 5.53. The molecule has 0 atom stereocenters. The number of nitrogens with two attached hydrogens (primary N) is 1. The summed E-state index contributed by atoms with van der Waals surface area (Å²) in [5.41, 5.74) is 8.60. The van der Waals surface area contributed by atoms with Gasteiger partial charge in [0.1, 0.15) is 0 Å². The van der Waals surface area contributed by atoms with Crippen LogP contribution in [0.25, 0.3) is 11.0 Å². The van der Waals surface area contributed by atoms with Crippen LogP contribution in [0.1, 0.15) is 18.2 Å². The molecule has 2 aromatic rings.